The Kier molecular flexibility index (Phi) is 5.05. The topological polar surface area (TPSA) is 104 Å². The maximum absolute atomic E-state index is 11.6. The molecule has 0 fully saturated rings. The molecule has 0 radical (unpaired) electrons. The van der Waals surface area contributed by atoms with E-state index in [1.54, 1.807) is 23.9 Å². The second-order valence-electron chi connectivity index (χ2n) is 5.29. The van der Waals surface area contributed by atoms with Crippen LogP contribution in [0.25, 0.3) is 11.4 Å². The van der Waals surface area contributed by atoms with E-state index in [1.165, 1.54) is 7.11 Å². The molecule has 0 unspecified atom stereocenters. The van der Waals surface area contributed by atoms with Crippen LogP contribution in [0.15, 0.2) is 18.2 Å². The van der Waals surface area contributed by atoms with E-state index in [4.69, 9.17) is 15.2 Å². The molecule has 0 aliphatic rings. The molecule has 0 aliphatic heterocycles. The Labute approximate surface area is 134 Å². The highest BCUT2D eigenvalue weighted by atomic mass is 16.5. The number of nitrogens with two attached hydrogens (primary N) is 1. The van der Waals surface area contributed by atoms with E-state index in [0.717, 1.165) is 5.56 Å². The molecule has 1 heterocycles. The zero-order valence-corrected chi connectivity index (χ0v) is 13.7. The van der Waals surface area contributed by atoms with Crippen molar-refractivity contribution in [2.24, 2.45) is 7.05 Å². The average Bonchev–Trinajstić information content (AvgIpc) is 2.83. The standard InChI is InChI=1S/C15H21N5O3/c1-9(2)17-13(21)8-23-11-6-5-10(7-12(11)22-4)14-18-15(16)19-20(14)3/h5-7,9H,8H2,1-4H3,(H2,16,19)(H,17,21). The summed E-state index contributed by atoms with van der Waals surface area (Å²) in [6, 6.07) is 5.36. The predicted molar refractivity (Wildman–Crippen MR) is 86.2 cm³/mol. The molecule has 3 N–H and O–H groups in total. The van der Waals surface area contributed by atoms with Crippen molar-refractivity contribution in [3.8, 4) is 22.9 Å². The van der Waals surface area contributed by atoms with Gasteiger partial charge in [-0.3, -0.25) is 4.79 Å². The number of aryl methyl sites for hydroxylation is 1. The molecule has 0 aliphatic carbocycles. The van der Waals surface area contributed by atoms with Crippen LogP contribution in [0.3, 0.4) is 0 Å². The molecule has 1 aromatic heterocycles. The van der Waals surface area contributed by atoms with E-state index in [2.05, 4.69) is 15.4 Å². The zero-order chi connectivity index (χ0) is 17.0. The van der Waals surface area contributed by atoms with Gasteiger partial charge >= 0.3 is 0 Å². The maximum Gasteiger partial charge on any atom is 0.258 e. The lowest BCUT2D eigenvalue weighted by Gasteiger charge is -2.13. The highest BCUT2D eigenvalue weighted by Crippen LogP contribution is 2.31. The molecule has 8 heteroatoms. The highest BCUT2D eigenvalue weighted by molar-refractivity contribution is 5.78. The van der Waals surface area contributed by atoms with Crippen molar-refractivity contribution in [2.45, 2.75) is 19.9 Å². The fourth-order valence-electron chi connectivity index (χ4n) is 2.09. The number of methoxy groups -OCH3 is 1. The Morgan fingerprint density at radius 2 is 2.13 bits per heavy atom. The van der Waals surface area contributed by atoms with Gasteiger partial charge in [0.05, 0.1) is 7.11 Å². The minimum absolute atomic E-state index is 0.0664. The van der Waals surface area contributed by atoms with Gasteiger partial charge in [0.25, 0.3) is 5.91 Å². The molecule has 0 spiro atoms. The lowest BCUT2D eigenvalue weighted by molar-refractivity contribution is -0.123. The van der Waals surface area contributed by atoms with Crippen LogP contribution >= 0.6 is 0 Å². The van der Waals surface area contributed by atoms with Crippen molar-refractivity contribution < 1.29 is 14.3 Å². The monoisotopic (exact) mass is 319 g/mol. The number of aromatic nitrogens is 3. The van der Waals surface area contributed by atoms with Crippen LogP contribution in [0.2, 0.25) is 0 Å². The Balaban J connectivity index is 2.17. The Bertz CT molecular complexity index is 696. The molecule has 0 saturated carbocycles. The lowest BCUT2D eigenvalue weighted by atomic mass is 10.2. The normalized spacial score (nSPS) is 10.7. The number of hydrogen-bond acceptors (Lipinski definition) is 6. The average molecular weight is 319 g/mol. The van der Waals surface area contributed by atoms with E-state index in [9.17, 15) is 4.79 Å². The van der Waals surface area contributed by atoms with Gasteiger partial charge in [-0.1, -0.05) is 0 Å². The third-order valence-corrected chi connectivity index (χ3v) is 3.01. The number of hydrogen-bond donors (Lipinski definition) is 2. The molecular formula is C15H21N5O3. The van der Waals surface area contributed by atoms with Crippen LogP contribution in [-0.2, 0) is 11.8 Å². The van der Waals surface area contributed by atoms with Gasteiger partial charge in [0, 0.05) is 18.7 Å². The molecule has 1 aromatic carbocycles. The summed E-state index contributed by atoms with van der Waals surface area (Å²) in [4.78, 5) is 15.8. The third kappa shape index (κ3) is 4.12. The second-order valence-corrected chi connectivity index (χ2v) is 5.29. The fourth-order valence-corrected chi connectivity index (χ4v) is 2.09. The number of nitrogens with zero attached hydrogens (tertiary/aromatic N) is 3. The van der Waals surface area contributed by atoms with Crippen molar-refractivity contribution >= 4 is 11.9 Å². The van der Waals surface area contributed by atoms with Gasteiger partial charge < -0.3 is 20.5 Å². The van der Waals surface area contributed by atoms with E-state index in [1.807, 2.05) is 19.9 Å². The first-order valence-electron chi connectivity index (χ1n) is 7.17. The van der Waals surface area contributed by atoms with Crippen LogP contribution in [0.4, 0.5) is 5.95 Å². The number of anilines is 1. The first-order chi connectivity index (χ1) is 10.9. The summed E-state index contributed by atoms with van der Waals surface area (Å²) in [7, 11) is 3.29. The van der Waals surface area contributed by atoms with Crippen molar-refractivity contribution in [1.82, 2.24) is 20.1 Å². The number of benzene rings is 1. The van der Waals surface area contributed by atoms with Gasteiger partial charge in [-0.25, -0.2) is 4.68 Å². The summed E-state index contributed by atoms with van der Waals surface area (Å²) in [6.07, 6.45) is 0. The number of carbonyl (C=O) groups is 1. The molecule has 2 aromatic rings. The quantitative estimate of drug-likeness (QED) is 0.822. The first kappa shape index (κ1) is 16.6. The minimum Gasteiger partial charge on any atom is -0.493 e. The highest BCUT2D eigenvalue weighted by Gasteiger charge is 2.13. The van der Waals surface area contributed by atoms with Crippen molar-refractivity contribution in [2.75, 3.05) is 19.5 Å². The van der Waals surface area contributed by atoms with Gasteiger partial charge in [0.1, 0.15) is 0 Å². The summed E-state index contributed by atoms with van der Waals surface area (Å²) in [6.45, 7) is 3.70. The molecule has 124 valence electrons. The number of carbonyl (C=O) groups excluding carboxylic acids is 1. The zero-order valence-electron chi connectivity index (χ0n) is 13.7. The van der Waals surface area contributed by atoms with Crippen molar-refractivity contribution in [3.63, 3.8) is 0 Å². The lowest BCUT2D eigenvalue weighted by Crippen LogP contribution is -2.34. The van der Waals surface area contributed by atoms with Crippen LogP contribution in [0.1, 0.15) is 13.8 Å². The fraction of sp³-hybridized carbons (Fsp3) is 0.400. The first-order valence-corrected chi connectivity index (χ1v) is 7.17. The molecule has 8 nitrogen and oxygen atoms in total. The summed E-state index contributed by atoms with van der Waals surface area (Å²) in [5, 5.41) is 6.77. The number of ether oxygens (including phenoxy) is 2. The Hall–Kier alpha value is -2.77. The summed E-state index contributed by atoms with van der Waals surface area (Å²) < 4.78 is 12.4. The van der Waals surface area contributed by atoms with Gasteiger partial charge in [-0.05, 0) is 32.0 Å². The second kappa shape index (κ2) is 6.99. The summed E-state index contributed by atoms with van der Waals surface area (Å²) in [5.41, 5.74) is 6.38. The smallest absolute Gasteiger partial charge is 0.258 e. The Morgan fingerprint density at radius 1 is 1.39 bits per heavy atom. The summed E-state index contributed by atoms with van der Waals surface area (Å²) in [5.74, 6) is 1.61. The molecule has 0 atom stereocenters. The molecule has 2 rings (SSSR count). The molecule has 23 heavy (non-hydrogen) atoms. The van der Waals surface area contributed by atoms with Gasteiger partial charge in [0.2, 0.25) is 5.95 Å². The van der Waals surface area contributed by atoms with Crippen molar-refractivity contribution in [3.05, 3.63) is 18.2 Å². The third-order valence-electron chi connectivity index (χ3n) is 3.01. The maximum atomic E-state index is 11.6. The van der Waals surface area contributed by atoms with Crippen molar-refractivity contribution in [1.29, 1.82) is 0 Å². The van der Waals surface area contributed by atoms with E-state index < -0.39 is 0 Å². The van der Waals surface area contributed by atoms with Crippen LogP contribution in [-0.4, -0.2) is 40.4 Å². The molecule has 1 amide bonds. The SMILES string of the molecule is COc1cc(-c2nc(N)nn2C)ccc1OCC(=O)NC(C)C. The number of nitrogens with one attached hydrogen (secondary N) is 1. The minimum atomic E-state index is -0.188. The predicted octanol–water partition coefficient (Wildman–Crippen LogP) is 0.976. The Morgan fingerprint density at radius 3 is 2.70 bits per heavy atom. The van der Waals surface area contributed by atoms with Gasteiger partial charge in [-0.15, -0.1) is 5.10 Å². The molecule has 0 saturated heterocycles. The van der Waals surface area contributed by atoms with Gasteiger partial charge in [-0.2, -0.15) is 4.98 Å². The van der Waals surface area contributed by atoms with E-state index in [-0.39, 0.29) is 24.5 Å². The van der Waals surface area contributed by atoms with E-state index in [0.29, 0.717) is 17.3 Å². The van der Waals surface area contributed by atoms with Crippen LogP contribution in [0, 0.1) is 0 Å². The molecular weight excluding hydrogens is 298 g/mol. The summed E-state index contributed by atoms with van der Waals surface area (Å²) >= 11 is 0. The van der Waals surface area contributed by atoms with Gasteiger partial charge in [0.15, 0.2) is 23.9 Å². The van der Waals surface area contributed by atoms with Crippen LogP contribution < -0.4 is 20.5 Å². The number of amides is 1. The molecule has 0 bridgehead atoms. The number of nitrogen functional groups attached to an aromatic ring is 1. The van der Waals surface area contributed by atoms with E-state index >= 15 is 0 Å². The largest absolute Gasteiger partial charge is 0.493 e. The van der Waals surface area contributed by atoms with Crippen LogP contribution in [0.5, 0.6) is 11.5 Å². The number of rotatable bonds is 6.